The number of nitrogens with zero attached hydrogens (tertiary/aromatic N) is 3. The van der Waals surface area contributed by atoms with Crippen molar-refractivity contribution in [3.8, 4) is 11.3 Å². The van der Waals surface area contributed by atoms with Gasteiger partial charge >= 0.3 is 0 Å². The molecule has 0 bridgehead atoms. The zero-order chi connectivity index (χ0) is 10.3. The highest BCUT2D eigenvalue weighted by Gasteiger charge is 2.09. The Hall–Kier alpha value is -1.20. The molecule has 0 saturated carbocycles. The first-order valence-electron chi connectivity index (χ1n) is 4.40. The summed E-state index contributed by atoms with van der Waals surface area (Å²) in [5, 5.41) is 4.34. The van der Waals surface area contributed by atoms with Gasteiger partial charge in [-0.25, -0.2) is 9.50 Å². The lowest BCUT2D eigenvalue weighted by molar-refractivity contribution is 0.966. The molecule has 2 heterocycles. The number of hydrogen-bond acceptors (Lipinski definition) is 3. The van der Waals surface area contributed by atoms with Crippen molar-refractivity contribution in [2.24, 2.45) is 0 Å². The molecule has 15 heavy (non-hydrogen) atoms. The molecule has 2 aromatic heterocycles. The molecule has 0 atom stereocenters. The van der Waals surface area contributed by atoms with Gasteiger partial charge in [0.05, 0.1) is 11.9 Å². The molecule has 0 N–H and O–H groups in total. The van der Waals surface area contributed by atoms with Gasteiger partial charge in [-0.1, -0.05) is 41.7 Å². The number of fused-ring (bicyclic) bond motifs is 1. The zero-order valence-corrected chi connectivity index (χ0v) is 9.99. The topological polar surface area (TPSA) is 30.2 Å². The van der Waals surface area contributed by atoms with Gasteiger partial charge in [0, 0.05) is 5.56 Å². The molecule has 0 saturated heterocycles. The van der Waals surface area contributed by atoms with Crippen LogP contribution in [-0.4, -0.2) is 14.6 Å². The van der Waals surface area contributed by atoms with Gasteiger partial charge < -0.3 is 0 Å². The first-order valence-corrected chi connectivity index (χ1v) is 6.01. The van der Waals surface area contributed by atoms with Gasteiger partial charge in [-0.05, 0) is 15.9 Å². The summed E-state index contributed by atoms with van der Waals surface area (Å²) >= 11 is 4.88. The SMILES string of the molecule is Brc1nn2c(-c3ccccc3)cnc2s1. The average Bonchev–Trinajstić information content (AvgIpc) is 2.77. The van der Waals surface area contributed by atoms with E-state index in [9.17, 15) is 0 Å². The van der Waals surface area contributed by atoms with Crippen molar-refractivity contribution in [3.63, 3.8) is 0 Å². The minimum Gasteiger partial charge on any atom is -0.225 e. The van der Waals surface area contributed by atoms with E-state index in [1.165, 1.54) is 11.3 Å². The van der Waals surface area contributed by atoms with Crippen LogP contribution in [0.15, 0.2) is 40.4 Å². The van der Waals surface area contributed by atoms with Crippen LogP contribution in [0.3, 0.4) is 0 Å². The average molecular weight is 280 g/mol. The summed E-state index contributed by atoms with van der Waals surface area (Å²) in [6.45, 7) is 0. The minimum absolute atomic E-state index is 0.850. The molecule has 0 amide bonds. The molecular formula is C10H6BrN3S. The van der Waals surface area contributed by atoms with E-state index >= 15 is 0 Å². The van der Waals surface area contributed by atoms with Crippen LogP contribution in [0.4, 0.5) is 0 Å². The van der Waals surface area contributed by atoms with Crippen LogP contribution in [-0.2, 0) is 0 Å². The standard InChI is InChI=1S/C10H6BrN3S/c11-9-13-14-8(6-12-10(14)15-9)7-4-2-1-3-5-7/h1-6H. The van der Waals surface area contributed by atoms with Crippen LogP contribution in [0.25, 0.3) is 16.2 Å². The van der Waals surface area contributed by atoms with Gasteiger partial charge in [0.25, 0.3) is 0 Å². The summed E-state index contributed by atoms with van der Waals surface area (Å²) in [5.74, 6) is 0. The predicted octanol–water partition coefficient (Wildman–Crippen LogP) is 3.22. The molecule has 0 aliphatic rings. The highest BCUT2D eigenvalue weighted by molar-refractivity contribution is 9.11. The third kappa shape index (κ3) is 1.48. The highest BCUT2D eigenvalue weighted by atomic mass is 79.9. The zero-order valence-electron chi connectivity index (χ0n) is 7.59. The second-order valence-corrected chi connectivity index (χ2v) is 5.29. The van der Waals surface area contributed by atoms with Gasteiger partial charge in [0.2, 0.25) is 4.96 Å². The largest absolute Gasteiger partial charge is 0.225 e. The first-order chi connectivity index (χ1) is 7.34. The molecule has 3 aromatic rings. The summed E-state index contributed by atoms with van der Waals surface area (Å²) in [5.41, 5.74) is 2.15. The van der Waals surface area contributed by atoms with Crippen molar-refractivity contribution < 1.29 is 0 Å². The fourth-order valence-electron chi connectivity index (χ4n) is 1.48. The maximum absolute atomic E-state index is 4.34. The van der Waals surface area contributed by atoms with Crippen molar-refractivity contribution in [1.82, 2.24) is 14.6 Å². The van der Waals surface area contributed by atoms with E-state index in [0.717, 1.165) is 20.1 Å². The fraction of sp³-hybridized carbons (Fsp3) is 0. The monoisotopic (exact) mass is 279 g/mol. The second kappa shape index (κ2) is 3.43. The maximum Gasteiger partial charge on any atom is 0.213 e. The summed E-state index contributed by atoms with van der Waals surface area (Å²) in [6, 6.07) is 10.1. The van der Waals surface area contributed by atoms with Crippen molar-refractivity contribution >= 4 is 32.2 Å². The third-order valence-corrected chi connectivity index (χ3v) is 3.49. The molecule has 0 fully saturated rings. The predicted molar refractivity (Wildman–Crippen MR) is 64.0 cm³/mol. The van der Waals surface area contributed by atoms with Crippen molar-refractivity contribution in [1.29, 1.82) is 0 Å². The number of benzene rings is 1. The summed E-state index contributed by atoms with van der Waals surface area (Å²) < 4.78 is 2.70. The van der Waals surface area contributed by atoms with Crippen molar-refractivity contribution in [3.05, 3.63) is 40.4 Å². The smallest absolute Gasteiger partial charge is 0.213 e. The maximum atomic E-state index is 4.34. The summed E-state index contributed by atoms with van der Waals surface area (Å²) in [4.78, 5) is 5.21. The van der Waals surface area contributed by atoms with E-state index in [2.05, 4.69) is 38.1 Å². The molecule has 5 heteroatoms. The lowest BCUT2D eigenvalue weighted by Gasteiger charge is -1.96. The second-order valence-electron chi connectivity index (χ2n) is 3.06. The van der Waals surface area contributed by atoms with E-state index in [4.69, 9.17) is 0 Å². The van der Waals surface area contributed by atoms with Gasteiger partial charge in [-0.3, -0.25) is 0 Å². The molecule has 0 spiro atoms. The Balaban J connectivity index is 2.27. The molecule has 3 nitrogen and oxygen atoms in total. The lowest BCUT2D eigenvalue weighted by Crippen LogP contribution is -1.87. The van der Waals surface area contributed by atoms with Gasteiger partial charge in [-0.2, -0.15) is 0 Å². The number of rotatable bonds is 1. The van der Waals surface area contributed by atoms with E-state index < -0.39 is 0 Å². The van der Waals surface area contributed by atoms with Crippen molar-refractivity contribution in [2.45, 2.75) is 0 Å². The minimum atomic E-state index is 0.850. The van der Waals surface area contributed by atoms with Crippen LogP contribution in [0.5, 0.6) is 0 Å². The van der Waals surface area contributed by atoms with E-state index in [1.54, 1.807) is 0 Å². The normalized spacial score (nSPS) is 11.0. The Morgan fingerprint density at radius 2 is 2.00 bits per heavy atom. The first kappa shape index (κ1) is 9.06. The highest BCUT2D eigenvalue weighted by Crippen LogP contribution is 2.25. The Labute approximate surface area is 98.5 Å². The molecule has 1 aromatic carbocycles. The lowest BCUT2D eigenvalue weighted by atomic mass is 10.2. The Morgan fingerprint density at radius 1 is 1.20 bits per heavy atom. The van der Waals surface area contributed by atoms with Gasteiger partial charge in [-0.15, -0.1) is 5.10 Å². The summed E-state index contributed by atoms with van der Waals surface area (Å²) in [7, 11) is 0. The van der Waals surface area contributed by atoms with Crippen LogP contribution in [0, 0.1) is 0 Å². The Morgan fingerprint density at radius 3 is 2.80 bits per heavy atom. The Kier molecular flexibility index (Phi) is 2.07. The molecule has 0 unspecified atom stereocenters. The van der Waals surface area contributed by atoms with Gasteiger partial charge in [0.1, 0.15) is 0 Å². The number of halogens is 1. The Bertz CT molecular complexity index is 599. The van der Waals surface area contributed by atoms with Crippen LogP contribution in [0.2, 0.25) is 0 Å². The van der Waals surface area contributed by atoms with Crippen LogP contribution >= 0.6 is 27.3 Å². The van der Waals surface area contributed by atoms with Crippen molar-refractivity contribution in [2.75, 3.05) is 0 Å². The third-order valence-electron chi connectivity index (χ3n) is 2.13. The van der Waals surface area contributed by atoms with E-state index in [1.807, 2.05) is 28.9 Å². The number of hydrogen-bond donors (Lipinski definition) is 0. The van der Waals surface area contributed by atoms with Crippen LogP contribution < -0.4 is 0 Å². The van der Waals surface area contributed by atoms with E-state index in [-0.39, 0.29) is 0 Å². The number of imidazole rings is 1. The van der Waals surface area contributed by atoms with Gasteiger partial charge in [0.15, 0.2) is 3.92 Å². The molecule has 0 aliphatic heterocycles. The molecule has 0 radical (unpaired) electrons. The molecular weight excluding hydrogens is 274 g/mol. The van der Waals surface area contributed by atoms with E-state index in [0.29, 0.717) is 0 Å². The molecule has 74 valence electrons. The number of aromatic nitrogens is 3. The quantitative estimate of drug-likeness (QED) is 0.685. The van der Waals surface area contributed by atoms with Crippen LogP contribution in [0.1, 0.15) is 0 Å². The molecule has 3 rings (SSSR count). The molecule has 0 aliphatic carbocycles. The summed E-state index contributed by atoms with van der Waals surface area (Å²) in [6.07, 6.45) is 1.85. The fourth-order valence-corrected chi connectivity index (χ4v) is 2.67.